The van der Waals surface area contributed by atoms with E-state index in [4.69, 9.17) is 4.42 Å². The summed E-state index contributed by atoms with van der Waals surface area (Å²) in [7, 11) is 1.94. The van der Waals surface area contributed by atoms with Crippen LogP contribution in [0.4, 0.5) is 0 Å². The van der Waals surface area contributed by atoms with Gasteiger partial charge in [0.1, 0.15) is 5.76 Å². The Morgan fingerprint density at radius 3 is 2.88 bits per heavy atom. The Labute approximate surface area is 102 Å². The molecule has 92 valence electrons. The lowest BCUT2D eigenvalue weighted by atomic mass is 10.1. The van der Waals surface area contributed by atoms with Crippen LogP contribution in [0.5, 0.6) is 0 Å². The molecule has 2 heterocycles. The van der Waals surface area contributed by atoms with Crippen LogP contribution in [-0.4, -0.2) is 9.78 Å². The smallest absolute Gasteiger partial charge is 0.120 e. The summed E-state index contributed by atoms with van der Waals surface area (Å²) in [5.41, 5.74) is 2.31. The van der Waals surface area contributed by atoms with Gasteiger partial charge in [-0.05, 0) is 25.5 Å². The largest absolute Gasteiger partial charge is 0.468 e. The van der Waals surface area contributed by atoms with Crippen molar-refractivity contribution in [1.29, 1.82) is 0 Å². The van der Waals surface area contributed by atoms with Gasteiger partial charge in [-0.25, -0.2) is 0 Å². The lowest BCUT2D eigenvalue weighted by Gasteiger charge is -2.13. The molecule has 2 aromatic rings. The van der Waals surface area contributed by atoms with Gasteiger partial charge in [-0.2, -0.15) is 5.10 Å². The highest BCUT2D eigenvalue weighted by atomic mass is 16.3. The molecule has 2 rings (SSSR count). The minimum atomic E-state index is 0.268. The van der Waals surface area contributed by atoms with Gasteiger partial charge in [0.15, 0.2) is 0 Å². The molecule has 17 heavy (non-hydrogen) atoms. The predicted molar refractivity (Wildman–Crippen MR) is 66.5 cm³/mol. The van der Waals surface area contributed by atoms with Crippen LogP contribution in [-0.2, 0) is 13.6 Å². The SMILES string of the molecule is CCC(NCc1cn(C)nc1C)c1ccco1. The van der Waals surface area contributed by atoms with Crippen molar-refractivity contribution in [1.82, 2.24) is 15.1 Å². The van der Waals surface area contributed by atoms with Crippen LogP contribution in [0.3, 0.4) is 0 Å². The van der Waals surface area contributed by atoms with E-state index in [1.807, 2.05) is 30.8 Å². The zero-order chi connectivity index (χ0) is 12.3. The summed E-state index contributed by atoms with van der Waals surface area (Å²) < 4.78 is 7.27. The molecular weight excluding hydrogens is 214 g/mol. The van der Waals surface area contributed by atoms with Gasteiger partial charge >= 0.3 is 0 Å². The number of furan rings is 1. The molecule has 1 atom stereocenters. The molecule has 2 aromatic heterocycles. The maximum absolute atomic E-state index is 5.43. The van der Waals surface area contributed by atoms with Crippen LogP contribution in [0.2, 0.25) is 0 Å². The number of nitrogens with one attached hydrogen (secondary N) is 1. The molecule has 0 aliphatic carbocycles. The summed E-state index contributed by atoms with van der Waals surface area (Å²) in [4.78, 5) is 0. The normalized spacial score (nSPS) is 12.9. The molecule has 0 aliphatic rings. The van der Waals surface area contributed by atoms with E-state index in [9.17, 15) is 0 Å². The Kier molecular flexibility index (Phi) is 3.64. The lowest BCUT2D eigenvalue weighted by Crippen LogP contribution is -2.19. The standard InChI is InChI=1S/C13H19N3O/c1-4-12(13-6-5-7-17-13)14-8-11-9-16(3)15-10(11)2/h5-7,9,12,14H,4,8H2,1-3H3. The van der Waals surface area contributed by atoms with Crippen LogP contribution in [0.15, 0.2) is 29.0 Å². The molecule has 0 amide bonds. The predicted octanol–water partition coefficient (Wildman–Crippen LogP) is 2.56. The van der Waals surface area contributed by atoms with Gasteiger partial charge in [0.05, 0.1) is 18.0 Å². The zero-order valence-electron chi connectivity index (χ0n) is 10.6. The average Bonchev–Trinajstić information content (AvgIpc) is 2.90. The fraction of sp³-hybridized carbons (Fsp3) is 0.462. The van der Waals surface area contributed by atoms with Gasteiger partial charge in [0.25, 0.3) is 0 Å². The van der Waals surface area contributed by atoms with Crippen molar-refractivity contribution >= 4 is 0 Å². The molecular formula is C13H19N3O. The van der Waals surface area contributed by atoms with Crippen molar-refractivity contribution in [2.24, 2.45) is 7.05 Å². The maximum Gasteiger partial charge on any atom is 0.120 e. The van der Waals surface area contributed by atoms with Gasteiger partial charge in [-0.15, -0.1) is 0 Å². The molecule has 0 fully saturated rings. The summed E-state index contributed by atoms with van der Waals surface area (Å²) in [5, 5.41) is 7.83. The van der Waals surface area contributed by atoms with Gasteiger partial charge in [-0.3, -0.25) is 4.68 Å². The molecule has 0 saturated heterocycles. The first-order valence-electron chi connectivity index (χ1n) is 5.96. The van der Waals surface area contributed by atoms with Gasteiger partial charge in [-0.1, -0.05) is 6.92 Å². The third-order valence-corrected chi connectivity index (χ3v) is 2.95. The molecule has 0 aromatic carbocycles. The average molecular weight is 233 g/mol. The molecule has 1 unspecified atom stereocenters. The van der Waals surface area contributed by atoms with Crippen LogP contribution < -0.4 is 5.32 Å². The zero-order valence-corrected chi connectivity index (χ0v) is 10.6. The lowest BCUT2D eigenvalue weighted by molar-refractivity contribution is 0.403. The molecule has 4 heteroatoms. The van der Waals surface area contributed by atoms with E-state index in [2.05, 4.69) is 23.5 Å². The minimum Gasteiger partial charge on any atom is -0.468 e. The third kappa shape index (κ3) is 2.77. The highest BCUT2D eigenvalue weighted by Crippen LogP contribution is 2.17. The van der Waals surface area contributed by atoms with Crippen molar-refractivity contribution in [2.45, 2.75) is 32.9 Å². The van der Waals surface area contributed by atoms with Gasteiger partial charge < -0.3 is 9.73 Å². The Bertz CT molecular complexity index is 459. The summed E-state index contributed by atoms with van der Waals surface area (Å²) >= 11 is 0. The number of nitrogens with zero attached hydrogens (tertiary/aromatic N) is 2. The molecule has 4 nitrogen and oxygen atoms in total. The van der Waals surface area contributed by atoms with Crippen LogP contribution >= 0.6 is 0 Å². The number of rotatable bonds is 5. The van der Waals surface area contributed by atoms with E-state index in [1.165, 1.54) is 5.56 Å². The summed E-state index contributed by atoms with van der Waals surface area (Å²) in [6.07, 6.45) is 4.78. The molecule has 0 bridgehead atoms. The van der Waals surface area contributed by atoms with E-state index in [0.717, 1.165) is 24.4 Å². The highest BCUT2D eigenvalue weighted by Gasteiger charge is 2.12. The van der Waals surface area contributed by atoms with Crippen molar-refractivity contribution in [3.8, 4) is 0 Å². The van der Waals surface area contributed by atoms with E-state index < -0.39 is 0 Å². The highest BCUT2D eigenvalue weighted by molar-refractivity contribution is 5.15. The number of hydrogen-bond donors (Lipinski definition) is 1. The molecule has 0 saturated carbocycles. The molecule has 0 spiro atoms. The Hall–Kier alpha value is -1.55. The second kappa shape index (κ2) is 5.19. The Morgan fingerprint density at radius 2 is 2.35 bits per heavy atom. The summed E-state index contributed by atoms with van der Waals surface area (Å²) in [6.45, 7) is 5.00. The number of aromatic nitrogens is 2. The number of hydrogen-bond acceptors (Lipinski definition) is 3. The second-order valence-corrected chi connectivity index (χ2v) is 4.27. The Balaban J connectivity index is 1.99. The van der Waals surface area contributed by atoms with Crippen molar-refractivity contribution < 1.29 is 4.42 Å². The fourth-order valence-corrected chi connectivity index (χ4v) is 1.99. The topological polar surface area (TPSA) is 43.0 Å². The van der Waals surface area contributed by atoms with E-state index in [-0.39, 0.29) is 6.04 Å². The van der Waals surface area contributed by atoms with Crippen molar-refractivity contribution in [3.05, 3.63) is 41.6 Å². The number of aryl methyl sites for hydroxylation is 2. The van der Waals surface area contributed by atoms with Crippen molar-refractivity contribution in [3.63, 3.8) is 0 Å². The summed E-state index contributed by atoms with van der Waals surface area (Å²) in [6, 6.07) is 4.20. The fourth-order valence-electron chi connectivity index (χ4n) is 1.99. The first-order chi connectivity index (χ1) is 8.20. The van der Waals surface area contributed by atoms with Gasteiger partial charge in [0, 0.05) is 25.4 Å². The third-order valence-electron chi connectivity index (χ3n) is 2.95. The molecule has 1 N–H and O–H groups in total. The van der Waals surface area contributed by atoms with Crippen molar-refractivity contribution in [2.75, 3.05) is 0 Å². The van der Waals surface area contributed by atoms with Crippen LogP contribution in [0, 0.1) is 6.92 Å². The van der Waals surface area contributed by atoms with Gasteiger partial charge in [0.2, 0.25) is 0 Å². The monoisotopic (exact) mass is 233 g/mol. The minimum absolute atomic E-state index is 0.268. The van der Waals surface area contributed by atoms with E-state index in [0.29, 0.717) is 0 Å². The quantitative estimate of drug-likeness (QED) is 0.863. The molecule has 0 aliphatic heterocycles. The van der Waals surface area contributed by atoms with E-state index >= 15 is 0 Å². The van der Waals surface area contributed by atoms with Crippen LogP contribution in [0.25, 0.3) is 0 Å². The molecule has 0 radical (unpaired) electrons. The van der Waals surface area contributed by atoms with E-state index in [1.54, 1.807) is 6.26 Å². The second-order valence-electron chi connectivity index (χ2n) is 4.27. The first-order valence-corrected chi connectivity index (χ1v) is 5.96. The summed E-state index contributed by atoms with van der Waals surface area (Å²) in [5.74, 6) is 0.994. The Morgan fingerprint density at radius 1 is 1.53 bits per heavy atom. The van der Waals surface area contributed by atoms with Crippen LogP contribution in [0.1, 0.15) is 36.4 Å². The first kappa shape index (κ1) is 11.9. The maximum atomic E-state index is 5.43.